The number of amides is 1. The van der Waals surface area contributed by atoms with Gasteiger partial charge < -0.3 is 10.1 Å². The van der Waals surface area contributed by atoms with Crippen molar-refractivity contribution in [3.05, 3.63) is 83.6 Å². The van der Waals surface area contributed by atoms with Gasteiger partial charge in [0.15, 0.2) is 0 Å². The number of carbonyl (C=O) groups excluding carboxylic acids is 1. The summed E-state index contributed by atoms with van der Waals surface area (Å²) in [5.41, 5.74) is 5.21. The highest BCUT2D eigenvalue weighted by Gasteiger charge is 2.15. The van der Waals surface area contributed by atoms with E-state index in [1.807, 2.05) is 35.2 Å². The van der Waals surface area contributed by atoms with Gasteiger partial charge in [-0.25, -0.2) is 0 Å². The number of aromatic nitrogens is 2. The maximum absolute atomic E-state index is 12.4. The molecule has 1 N–H and O–H groups in total. The first kappa shape index (κ1) is 20.1. The van der Waals surface area contributed by atoms with Crippen molar-refractivity contribution in [2.75, 3.05) is 13.2 Å². The lowest BCUT2D eigenvalue weighted by atomic mass is 10.1. The number of nitrogens with zero attached hydrogens (tertiary/aromatic N) is 2. The van der Waals surface area contributed by atoms with Crippen LogP contribution in [0.3, 0.4) is 0 Å². The van der Waals surface area contributed by atoms with Crippen LogP contribution in [0.1, 0.15) is 29.5 Å². The Morgan fingerprint density at radius 3 is 2.73 bits per heavy atom. The second-order valence-corrected chi connectivity index (χ2v) is 7.74. The molecule has 154 valence electrons. The number of nitrogens with one attached hydrogen (secondary N) is 1. The van der Waals surface area contributed by atoms with E-state index in [0.29, 0.717) is 13.2 Å². The number of aryl methyl sites for hydroxylation is 1. The first-order chi connectivity index (χ1) is 14.7. The van der Waals surface area contributed by atoms with Gasteiger partial charge >= 0.3 is 0 Å². The molecular formula is C25H27N3O2. The summed E-state index contributed by atoms with van der Waals surface area (Å²) in [5, 5.41) is 7.84. The zero-order valence-electron chi connectivity index (χ0n) is 17.3. The van der Waals surface area contributed by atoms with Crippen LogP contribution in [0.2, 0.25) is 0 Å². The molecule has 1 amide bonds. The van der Waals surface area contributed by atoms with E-state index in [9.17, 15) is 4.79 Å². The fourth-order valence-corrected chi connectivity index (χ4v) is 3.62. The normalized spacial score (nSPS) is 16.6. The van der Waals surface area contributed by atoms with Gasteiger partial charge in [0.05, 0.1) is 24.9 Å². The zero-order valence-corrected chi connectivity index (χ0v) is 17.3. The van der Waals surface area contributed by atoms with E-state index in [1.165, 1.54) is 11.1 Å². The van der Waals surface area contributed by atoms with Gasteiger partial charge in [0.2, 0.25) is 5.91 Å². The summed E-state index contributed by atoms with van der Waals surface area (Å²) in [6, 6.07) is 18.6. The molecule has 1 aliphatic rings. The number of ether oxygens (including phenoxy) is 1. The highest BCUT2D eigenvalue weighted by molar-refractivity contribution is 5.93. The van der Waals surface area contributed by atoms with E-state index < -0.39 is 0 Å². The predicted octanol–water partition coefficient (Wildman–Crippen LogP) is 4.22. The van der Waals surface area contributed by atoms with Crippen molar-refractivity contribution in [1.29, 1.82) is 0 Å². The SMILES string of the molecule is Cc1ccc(-c2nn(Cc3ccccc3)cc2/C=C/C(=O)NC2CCCOC2)cc1. The van der Waals surface area contributed by atoms with Crippen molar-refractivity contribution in [2.24, 2.45) is 0 Å². The summed E-state index contributed by atoms with van der Waals surface area (Å²) in [4.78, 5) is 12.4. The van der Waals surface area contributed by atoms with Gasteiger partial charge in [-0.3, -0.25) is 9.48 Å². The monoisotopic (exact) mass is 401 g/mol. The van der Waals surface area contributed by atoms with Crippen molar-refractivity contribution < 1.29 is 9.53 Å². The molecule has 1 saturated heterocycles. The van der Waals surface area contributed by atoms with Crippen LogP contribution >= 0.6 is 0 Å². The Hall–Kier alpha value is -3.18. The third-order valence-corrected chi connectivity index (χ3v) is 5.22. The van der Waals surface area contributed by atoms with Gasteiger partial charge in [0.1, 0.15) is 0 Å². The lowest BCUT2D eigenvalue weighted by Gasteiger charge is -2.22. The Bertz CT molecular complexity index is 1000. The van der Waals surface area contributed by atoms with Crippen LogP contribution in [0.15, 0.2) is 66.9 Å². The van der Waals surface area contributed by atoms with Gasteiger partial charge in [-0.15, -0.1) is 0 Å². The van der Waals surface area contributed by atoms with Crippen molar-refractivity contribution in [3.63, 3.8) is 0 Å². The molecule has 4 rings (SSSR count). The average molecular weight is 402 g/mol. The molecular weight excluding hydrogens is 374 g/mol. The van der Waals surface area contributed by atoms with Crippen LogP contribution in [-0.4, -0.2) is 34.9 Å². The molecule has 5 nitrogen and oxygen atoms in total. The van der Waals surface area contributed by atoms with Crippen molar-refractivity contribution in [2.45, 2.75) is 32.4 Å². The van der Waals surface area contributed by atoms with Crippen LogP contribution in [0.5, 0.6) is 0 Å². The van der Waals surface area contributed by atoms with E-state index in [1.54, 1.807) is 6.08 Å². The number of benzene rings is 2. The Morgan fingerprint density at radius 2 is 2.00 bits per heavy atom. The largest absolute Gasteiger partial charge is 0.379 e. The Balaban J connectivity index is 1.56. The van der Waals surface area contributed by atoms with E-state index in [-0.39, 0.29) is 11.9 Å². The zero-order chi connectivity index (χ0) is 20.8. The third-order valence-electron chi connectivity index (χ3n) is 5.22. The minimum Gasteiger partial charge on any atom is -0.379 e. The van der Waals surface area contributed by atoms with Gasteiger partial charge in [-0.1, -0.05) is 60.2 Å². The molecule has 0 radical (unpaired) electrons. The summed E-state index contributed by atoms with van der Waals surface area (Å²) in [7, 11) is 0. The van der Waals surface area contributed by atoms with Crippen LogP contribution in [0, 0.1) is 6.92 Å². The van der Waals surface area contributed by atoms with Gasteiger partial charge in [0.25, 0.3) is 0 Å². The van der Waals surface area contributed by atoms with E-state index in [2.05, 4.69) is 48.6 Å². The molecule has 0 bridgehead atoms. The van der Waals surface area contributed by atoms with Gasteiger partial charge in [-0.05, 0) is 31.4 Å². The molecule has 2 aromatic carbocycles. The van der Waals surface area contributed by atoms with E-state index in [0.717, 1.165) is 36.3 Å². The van der Waals surface area contributed by atoms with E-state index in [4.69, 9.17) is 9.84 Å². The lowest BCUT2D eigenvalue weighted by molar-refractivity contribution is -0.118. The fraction of sp³-hybridized carbons (Fsp3) is 0.280. The van der Waals surface area contributed by atoms with Crippen LogP contribution in [0.25, 0.3) is 17.3 Å². The summed E-state index contributed by atoms with van der Waals surface area (Å²) < 4.78 is 7.37. The minimum absolute atomic E-state index is 0.0910. The van der Waals surface area contributed by atoms with Crippen molar-refractivity contribution in [1.82, 2.24) is 15.1 Å². The van der Waals surface area contributed by atoms with Crippen LogP contribution in [0.4, 0.5) is 0 Å². The van der Waals surface area contributed by atoms with Crippen LogP contribution in [-0.2, 0) is 16.1 Å². The number of hydrogen-bond acceptors (Lipinski definition) is 3. The molecule has 0 saturated carbocycles. The summed E-state index contributed by atoms with van der Waals surface area (Å²) in [6.45, 7) is 4.11. The second kappa shape index (κ2) is 9.55. The maximum Gasteiger partial charge on any atom is 0.244 e. The molecule has 5 heteroatoms. The predicted molar refractivity (Wildman–Crippen MR) is 119 cm³/mol. The summed E-state index contributed by atoms with van der Waals surface area (Å²) in [5.74, 6) is -0.101. The second-order valence-electron chi connectivity index (χ2n) is 7.74. The Kier molecular flexibility index (Phi) is 6.40. The first-order valence-electron chi connectivity index (χ1n) is 10.4. The fourth-order valence-electron chi connectivity index (χ4n) is 3.62. The van der Waals surface area contributed by atoms with E-state index >= 15 is 0 Å². The molecule has 0 aliphatic carbocycles. The number of carbonyl (C=O) groups is 1. The smallest absolute Gasteiger partial charge is 0.244 e. The molecule has 30 heavy (non-hydrogen) atoms. The number of rotatable bonds is 6. The molecule has 1 atom stereocenters. The topological polar surface area (TPSA) is 56.2 Å². The summed E-state index contributed by atoms with van der Waals surface area (Å²) >= 11 is 0. The first-order valence-corrected chi connectivity index (χ1v) is 10.4. The lowest BCUT2D eigenvalue weighted by Crippen LogP contribution is -2.39. The van der Waals surface area contributed by atoms with Crippen molar-refractivity contribution >= 4 is 12.0 Å². The summed E-state index contributed by atoms with van der Waals surface area (Å²) in [6.07, 6.45) is 7.39. The highest BCUT2D eigenvalue weighted by atomic mass is 16.5. The standard InChI is InChI=1S/C25H27N3O2/c1-19-9-11-21(12-10-19)25-22(13-14-24(29)26-23-8-5-15-30-18-23)17-28(27-25)16-20-6-3-2-4-7-20/h2-4,6-7,9-14,17,23H,5,8,15-16,18H2,1H3,(H,26,29)/b14-13+. The van der Waals surface area contributed by atoms with Crippen LogP contribution < -0.4 is 5.32 Å². The minimum atomic E-state index is -0.101. The van der Waals surface area contributed by atoms with Gasteiger partial charge in [-0.2, -0.15) is 5.10 Å². The maximum atomic E-state index is 12.4. The molecule has 3 aromatic rings. The van der Waals surface area contributed by atoms with Crippen molar-refractivity contribution in [3.8, 4) is 11.3 Å². The third kappa shape index (κ3) is 5.24. The average Bonchev–Trinajstić information content (AvgIpc) is 3.17. The molecule has 1 aliphatic heterocycles. The highest BCUT2D eigenvalue weighted by Crippen LogP contribution is 2.24. The molecule has 1 unspecified atom stereocenters. The molecule has 1 aromatic heterocycles. The Labute approximate surface area is 177 Å². The molecule has 0 spiro atoms. The van der Waals surface area contributed by atoms with Gasteiger partial charge in [0, 0.05) is 30.0 Å². The Morgan fingerprint density at radius 1 is 1.20 bits per heavy atom. The molecule has 2 heterocycles. The number of hydrogen-bond donors (Lipinski definition) is 1. The quantitative estimate of drug-likeness (QED) is 0.630. The molecule has 1 fully saturated rings.